The Hall–Kier alpha value is -1.39. The van der Waals surface area contributed by atoms with Crippen molar-refractivity contribution in [1.82, 2.24) is 9.55 Å². The average Bonchev–Trinajstić information content (AvgIpc) is 2.42. The van der Waals surface area contributed by atoms with E-state index in [-0.39, 0.29) is 11.6 Å². The molecular weight excluding hydrogens is 286 g/mol. The number of quaternary nitrogens is 1. The first-order chi connectivity index (χ1) is 9.90. The van der Waals surface area contributed by atoms with Crippen LogP contribution in [0.15, 0.2) is 23.0 Å². The first-order valence-corrected chi connectivity index (χ1v) is 7.77. The lowest BCUT2D eigenvalue weighted by Gasteiger charge is -2.15. The summed E-state index contributed by atoms with van der Waals surface area (Å²) >= 11 is 6.00. The Bertz CT molecular complexity index is 694. The first kappa shape index (κ1) is 16.0. The van der Waals surface area contributed by atoms with Crippen molar-refractivity contribution in [2.24, 2.45) is 13.0 Å². The summed E-state index contributed by atoms with van der Waals surface area (Å²) < 4.78 is 1.65. The number of nitrogens with two attached hydrogens (primary N) is 1. The molecule has 1 atom stereocenters. The van der Waals surface area contributed by atoms with Crippen LogP contribution in [-0.4, -0.2) is 16.1 Å². The second-order valence-electron chi connectivity index (χ2n) is 5.99. The monoisotopic (exact) mass is 308 g/mol. The van der Waals surface area contributed by atoms with Gasteiger partial charge in [-0.15, -0.1) is 0 Å². The second-order valence-corrected chi connectivity index (χ2v) is 6.43. The smallest absolute Gasteiger partial charge is 0.261 e. The van der Waals surface area contributed by atoms with E-state index in [4.69, 9.17) is 11.6 Å². The number of hydrogen-bond donors (Lipinski definition) is 1. The van der Waals surface area contributed by atoms with Crippen molar-refractivity contribution in [1.29, 1.82) is 0 Å². The number of nitrogens with zero attached hydrogens (tertiary/aromatic N) is 2. The molecule has 2 N–H and O–H groups in total. The molecule has 5 heteroatoms. The summed E-state index contributed by atoms with van der Waals surface area (Å²) in [7, 11) is 1.78. The fraction of sp³-hybridized carbons (Fsp3) is 0.500. The molecule has 0 aliphatic rings. The second kappa shape index (κ2) is 6.58. The van der Waals surface area contributed by atoms with E-state index < -0.39 is 0 Å². The molecule has 0 saturated carbocycles. The molecule has 0 amide bonds. The van der Waals surface area contributed by atoms with Crippen LogP contribution in [-0.2, 0) is 7.05 Å². The molecule has 114 valence electrons. The van der Waals surface area contributed by atoms with Crippen LogP contribution in [0.2, 0.25) is 5.02 Å². The highest BCUT2D eigenvalue weighted by atomic mass is 35.5. The van der Waals surface area contributed by atoms with Gasteiger partial charge < -0.3 is 5.32 Å². The lowest BCUT2D eigenvalue weighted by molar-refractivity contribution is -0.694. The van der Waals surface area contributed by atoms with Gasteiger partial charge in [0.15, 0.2) is 5.82 Å². The van der Waals surface area contributed by atoms with Crippen LogP contribution in [0.1, 0.15) is 39.1 Å². The molecule has 0 unspecified atom stereocenters. The number of hydrogen-bond acceptors (Lipinski definition) is 2. The third-order valence-electron chi connectivity index (χ3n) is 3.74. The van der Waals surface area contributed by atoms with E-state index in [2.05, 4.69) is 31.1 Å². The van der Waals surface area contributed by atoms with Crippen molar-refractivity contribution in [2.75, 3.05) is 6.54 Å². The molecule has 0 aliphatic carbocycles. The van der Waals surface area contributed by atoms with Crippen LogP contribution >= 0.6 is 11.6 Å². The molecule has 0 radical (unpaired) electrons. The lowest BCUT2D eigenvalue weighted by Crippen LogP contribution is -2.85. The molecule has 1 aromatic carbocycles. The van der Waals surface area contributed by atoms with Gasteiger partial charge in [0.2, 0.25) is 0 Å². The van der Waals surface area contributed by atoms with Crippen molar-refractivity contribution in [2.45, 2.75) is 33.2 Å². The van der Waals surface area contributed by atoms with Crippen LogP contribution in [0.5, 0.6) is 0 Å². The zero-order valence-electron chi connectivity index (χ0n) is 13.1. The zero-order valence-corrected chi connectivity index (χ0v) is 13.8. The SMILES string of the molecule is CC(C)CC[NH2+][C@@H](C)c1nc2cc(Cl)ccc2c(=O)n1C. The molecule has 0 spiro atoms. The maximum absolute atomic E-state index is 12.4. The summed E-state index contributed by atoms with van der Waals surface area (Å²) in [5, 5.41) is 3.45. The number of fused-ring (bicyclic) bond motifs is 1. The number of halogens is 1. The Kier molecular flexibility index (Phi) is 5.01. The van der Waals surface area contributed by atoms with Crippen molar-refractivity contribution >= 4 is 22.5 Å². The molecule has 2 rings (SSSR count). The third-order valence-corrected chi connectivity index (χ3v) is 3.98. The van der Waals surface area contributed by atoms with E-state index in [9.17, 15) is 4.79 Å². The van der Waals surface area contributed by atoms with Gasteiger partial charge in [0.05, 0.1) is 17.4 Å². The Balaban J connectivity index is 2.35. The summed E-state index contributed by atoms with van der Waals surface area (Å²) in [4.78, 5) is 17.1. The zero-order chi connectivity index (χ0) is 15.6. The Morgan fingerprint density at radius 3 is 2.71 bits per heavy atom. The topological polar surface area (TPSA) is 51.5 Å². The average molecular weight is 309 g/mol. The quantitative estimate of drug-likeness (QED) is 0.921. The van der Waals surface area contributed by atoms with Crippen LogP contribution in [0.4, 0.5) is 0 Å². The van der Waals surface area contributed by atoms with Gasteiger partial charge in [0.25, 0.3) is 5.56 Å². The van der Waals surface area contributed by atoms with Gasteiger partial charge in [0.1, 0.15) is 6.04 Å². The minimum atomic E-state index is -0.0178. The predicted octanol–water partition coefficient (Wildman–Crippen LogP) is 2.26. The highest BCUT2D eigenvalue weighted by Gasteiger charge is 2.17. The first-order valence-electron chi connectivity index (χ1n) is 7.39. The van der Waals surface area contributed by atoms with Crippen LogP contribution < -0.4 is 10.9 Å². The lowest BCUT2D eigenvalue weighted by atomic mass is 10.1. The van der Waals surface area contributed by atoms with Gasteiger partial charge in [0, 0.05) is 12.1 Å². The summed E-state index contributed by atoms with van der Waals surface area (Å²) in [6, 6.07) is 5.36. The Morgan fingerprint density at radius 1 is 1.33 bits per heavy atom. The van der Waals surface area contributed by atoms with Gasteiger partial charge in [-0.05, 0) is 37.5 Å². The van der Waals surface area contributed by atoms with E-state index in [0.29, 0.717) is 21.8 Å². The molecule has 0 aliphatic heterocycles. The minimum absolute atomic E-state index is 0.0178. The highest BCUT2D eigenvalue weighted by Crippen LogP contribution is 2.16. The molecule has 1 aromatic heterocycles. The summed E-state index contributed by atoms with van der Waals surface area (Å²) in [6.45, 7) is 7.54. The van der Waals surface area contributed by atoms with E-state index >= 15 is 0 Å². The molecule has 0 saturated heterocycles. The fourth-order valence-electron chi connectivity index (χ4n) is 2.45. The van der Waals surface area contributed by atoms with Crippen LogP contribution in [0.25, 0.3) is 10.9 Å². The summed E-state index contributed by atoms with van der Waals surface area (Å²) in [6.07, 6.45) is 1.15. The van der Waals surface area contributed by atoms with Gasteiger partial charge >= 0.3 is 0 Å². The molecule has 2 aromatic rings. The largest absolute Gasteiger partial charge is 0.338 e. The number of benzene rings is 1. The van der Waals surface area contributed by atoms with Crippen LogP contribution in [0, 0.1) is 5.92 Å². The fourth-order valence-corrected chi connectivity index (χ4v) is 2.62. The predicted molar refractivity (Wildman–Crippen MR) is 86.7 cm³/mol. The normalized spacial score (nSPS) is 13.0. The highest BCUT2D eigenvalue weighted by molar-refractivity contribution is 6.31. The Morgan fingerprint density at radius 2 is 2.05 bits per heavy atom. The molecule has 0 bridgehead atoms. The standard InChI is InChI=1S/C16H22ClN3O/c1-10(2)7-8-18-11(3)15-19-14-9-12(17)5-6-13(14)16(21)20(15)4/h5-6,9-11,18H,7-8H2,1-4H3/p+1/t11-/m0/s1. The van der Waals surface area contributed by atoms with Crippen molar-refractivity contribution in [3.05, 3.63) is 39.4 Å². The van der Waals surface area contributed by atoms with Gasteiger partial charge in [-0.2, -0.15) is 0 Å². The molecule has 0 fully saturated rings. The van der Waals surface area contributed by atoms with Gasteiger partial charge in [-0.3, -0.25) is 9.36 Å². The maximum Gasteiger partial charge on any atom is 0.261 e. The molecule has 4 nitrogen and oxygen atoms in total. The van der Waals surface area contributed by atoms with Crippen LogP contribution in [0.3, 0.4) is 0 Å². The number of aromatic nitrogens is 2. The Labute approximate surface area is 130 Å². The molecule has 1 heterocycles. The van der Waals surface area contributed by atoms with E-state index in [1.54, 1.807) is 29.8 Å². The van der Waals surface area contributed by atoms with E-state index in [1.165, 1.54) is 0 Å². The summed E-state index contributed by atoms with van der Waals surface area (Å²) in [5.41, 5.74) is 0.653. The number of rotatable bonds is 5. The van der Waals surface area contributed by atoms with E-state index in [0.717, 1.165) is 18.8 Å². The maximum atomic E-state index is 12.4. The van der Waals surface area contributed by atoms with Gasteiger partial charge in [-0.25, -0.2) is 4.98 Å². The molecular formula is C16H23ClN3O+. The minimum Gasteiger partial charge on any atom is -0.338 e. The van der Waals surface area contributed by atoms with Crippen molar-refractivity contribution in [3.8, 4) is 0 Å². The molecule has 21 heavy (non-hydrogen) atoms. The van der Waals surface area contributed by atoms with Crippen molar-refractivity contribution in [3.63, 3.8) is 0 Å². The third kappa shape index (κ3) is 3.63. The van der Waals surface area contributed by atoms with Crippen molar-refractivity contribution < 1.29 is 5.32 Å². The summed E-state index contributed by atoms with van der Waals surface area (Å²) in [5.74, 6) is 1.47. The van der Waals surface area contributed by atoms with E-state index in [1.807, 2.05) is 0 Å². The van der Waals surface area contributed by atoms with Gasteiger partial charge in [-0.1, -0.05) is 25.4 Å².